The molecule has 0 aromatic rings. The summed E-state index contributed by atoms with van der Waals surface area (Å²) in [5.74, 6) is 1.59. The van der Waals surface area contributed by atoms with E-state index >= 15 is 0 Å². The van der Waals surface area contributed by atoms with Crippen molar-refractivity contribution < 1.29 is 20.1 Å². The van der Waals surface area contributed by atoms with Crippen LogP contribution in [0.25, 0.3) is 0 Å². The lowest BCUT2D eigenvalue weighted by Gasteiger charge is -2.70. The summed E-state index contributed by atoms with van der Waals surface area (Å²) in [5.41, 5.74) is -0.703. The lowest BCUT2D eigenvalue weighted by molar-refractivity contribution is -0.248. The molecule has 0 amide bonds. The average molecular weight is 477 g/mol. The van der Waals surface area contributed by atoms with Crippen molar-refractivity contribution in [3.8, 4) is 0 Å². The number of aliphatic hydroxyl groups is 3. The molecular weight excluding hydrogens is 424 g/mol. The van der Waals surface area contributed by atoms with E-state index in [1.54, 1.807) is 0 Å². The van der Waals surface area contributed by atoms with Crippen molar-refractivity contribution in [1.29, 1.82) is 0 Å². The molecule has 0 aromatic heterocycles. The van der Waals surface area contributed by atoms with E-state index in [-0.39, 0.29) is 51.5 Å². The Morgan fingerprint density at radius 1 is 0.765 bits per heavy atom. The first-order chi connectivity index (χ1) is 15.5. The molecule has 5 rings (SSSR count). The van der Waals surface area contributed by atoms with Crippen molar-refractivity contribution in [3.63, 3.8) is 0 Å². The molecule has 1 heterocycles. The molecule has 196 valence electrons. The largest absolute Gasteiger partial charge is 0.393 e. The van der Waals surface area contributed by atoms with Gasteiger partial charge in [0, 0.05) is 0 Å². The third kappa shape index (κ3) is 3.16. The first kappa shape index (κ1) is 25.5. The maximum atomic E-state index is 11.9. The Bertz CT molecular complexity index is 817. The van der Waals surface area contributed by atoms with Crippen LogP contribution in [0.1, 0.15) is 113 Å². The van der Waals surface area contributed by atoms with Crippen molar-refractivity contribution >= 4 is 0 Å². The summed E-state index contributed by atoms with van der Waals surface area (Å²) in [6.45, 7) is 18.1. The van der Waals surface area contributed by atoms with Crippen LogP contribution in [-0.2, 0) is 4.74 Å². The molecule has 5 fully saturated rings. The summed E-state index contributed by atoms with van der Waals surface area (Å²) >= 11 is 0. The highest BCUT2D eigenvalue weighted by Crippen LogP contribution is 2.76. The highest BCUT2D eigenvalue weighted by atomic mass is 16.5. The highest BCUT2D eigenvalue weighted by Gasteiger charge is 2.71. The maximum absolute atomic E-state index is 11.9. The molecule has 0 unspecified atom stereocenters. The van der Waals surface area contributed by atoms with Gasteiger partial charge in [-0.05, 0) is 124 Å². The summed E-state index contributed by atoms with van der Waals surface area (Å²) in [7, 11) is 0. The molecule has 4 heteroatoms. The van der Waals surface area contributed by atoms with E-state index in [0.29, 0.717) is 17.8 Å². The summed E-state index contributed by atoms with van der Waals surface area (Å²) < 4.78 is 6.66. The van der Waals surface area contributed by atoms with Crippen LogP contribution in [0.15, 0.2) is 0 Å². The molecule has 4 aliphatic carbocycles. The third-order valence-electron chi connectivity index (χ3n) is 13.3. The van der Waals surface area contributed by atoms with E-state index in [1.165, 1.54) is 12.8 Å². The van der Waals surface area contributed by atoms with Gasteiger partial charge in [-0.3, -0.25) is 0 Å². The molecule has 0 radical (unpaired) electrons. The fourth-order valence-corrected chi connectivity index (χ4v) is 11.1. The predicted octanol–water partition coefficient (Wildman–Crippen LogP) is 5.71. The Morgan fingerprint density at radius 2 is 1.41 bits per heavy atom. The van der Waals surface area contributed by atoms with Crippen molar-refractivity contribution in [2.75, 3.05) is 0 Å². The average Bonchev–Trinajstić information content (AvgIpc) is 3.30. The van der Waals surface area contributed by atoms with Gasteiger partial charge in [-0.2, -0.15) is 0 Å². The monoisotopic (exact) mass is 476 g/mol. The molecule has 0 spiro atoms. The number of rotatable bonds is 2. The standard InChI is InChI=1S/C30H52O4/c1-25(2)20-10-15-28(6)21(27(20,5)13-11-22(25)32)17-19(31)24-18(9-14-29(24,28)7)30(8)16-12-23(34-30)26(3,4)33/h18-24,31-33H,9-17H2,1-8H3/t18-,19+,20-,21+,22+,23+,24+,27-,28+,29+,30-/m0/s1. The second-order valence-electron chi connectivity index (χ2n) is 15.4. The number of hydrogen-bond acceptors (Lipinski definition) is 4. The molecule has 4 saturated carbocycles. The Kier molecular flexibility index (Phi) is 5.59. The van der Waals surface area contributed by atoms with Gasteiger partial charge in [0.2, 0.25) is 0 Å². The van der Waals surface area contributed by atoms with Crippen LogP contribution in [-0.4, -0.2) is 44.8 Å². The van der Waals surface area contributed by atoms with Gasteiger partial charge in [0.15, 0.2) is 0 Å². The predicted molar refractivity (Wildman–Crippen MR) is 135 cm³/mol. The van der Waals surface area contributed by atoms with Gasteiger partial charge in [0.05, 0.1) is 29.5 Å². The molecule has 0 bridgehead atoms. The SMILES string of the molecule is CC(C)(O)[C@H]1CC[C@@](C)([C@H]2CC[C@]3(C)[C@H]2[C@H](O)C[C@@H]2[C@@]4(C)CC[C@@H](O)C(C)(C)[C@@H]4CC[C@]23C)O1. The van der Waals surface area contributed by atoms with Crippen LogP contribution < -0.4 is 0 Å². The summed E-state index contributed by atoms with van der Waals surface area (Å²) in [6.07, 6.45) is 8.72. The second kappa shape index (κ2) is 7.45. The number of ether oxygens (including phenoxy) is 1. The highest BCUT2D eigenvalue weighted by molar-refractivity contribution is 5.20. The van der Waals surface area contributed by atoms with Crippen LogP contribution in [0.4, 0.5) is 0 Å². The second-order valence-corrected chi connectivity index (χ2v) is 15.4. The van der Waals surface area contributed by atoms with Crippen molar-refractivity contribution in [1.82, 2.24) is 0 Å². The van der Waals surface area contributed by atoms with Crippen molar-refractivity contribution in [3.05, 3.63) is 0 Å². The zero-order valence-corrected chi connectivity index (χ0v) is 23.2. The molecule has 11 atom stereocenters. The third-order valence-corrected chi connectivity index (χ3v) is 13.3. The molecule has 0 aromatic carbocycles. The fraction of sp³-hybridized carbons (Fsp3) is 1.00. The van der Waals surface area contributed by atoms with Gasteiger partial charge in [-0.15, -0.1) is 0 Å². The topological polar surface area (TPSA) is 69.9 Å². The first-order valence-corrected chi connectivity index (χ1v) is 14.3. The zero-order chi connectivity index (χ0) is 25.1. The number of hydrogen-bond donors (Lipinski definition) is 3. The van der Waals surface area contributed by atoms with E-state index < -0.39 is 5.60 Å². The van der Waals surface area contributed by atoms with E-state index in [0.717, 1.165) is 44.9 Å². The van der Waals surface area contributed by atoms with Gasteiger partial charge in [-0.25, -0.2) is 0 Å². The van der Waals surface area contributed by atoms with Gasteiger partial charge in [0.25, 0.3) is 0 Å². The summed E-state index contributed by atoms with van der Waals surface area (Å²) in [6, 6.07) is 0. The van der Waals surface area contributed by atoms with Crippen LogP contribution in [0, 0.1) is 45.3 Å². The fourth-order valence-electron chi connectivity index (χ4n) is 11.1. The van der Waals surface area contributed by atoms with E-state index in [9.17, 15) is 15.3 Å². The van der Waals surface area contributed by atoms with Crippen LogP contribution in [0.3, 0.4) is 0 Å². The lowest BCUT2D eigenvalue weighted by atomic mass is 9.35. The maximum Gasteiger partial charge on any atom is 0.0865 e. The molecule has 3 N–H and O–H groups in total. The molecule has 5 aliphatic rings. The van der Waals surface area contributed by atoms with E-state index in [4.69, 9.17) is 4.74 Å². The molecule has 4 nitrogen and oxygen atoms in total. The quantitative estimate of drug-likeness (QED) is 0.477. The van der Waals surface area contributed by atoms with Gasteiger partial charge in [0.1, 0.15) is 0 Å². The zero-order valence-electron chi connectivity index (χ0n) is 23.2. The minimum atomic E-state index is -0.826. The Labute approximate surface area is 208 Å². The number of aliphatic hydroxyl groups excluding tert-OH is 2. The van der Waals surface area contributed by atoms with Crippen LogP contribution in [0.2, 0.25) is 0 Å². The van der Waals surface area contributed by atoms with Gasteiger partial charge >= 0.3 is 0 Å². The van der Waals surface area contributed by atoms with Crippen LogP contribution >= 0.6 is 0 Å². The minimum Gasteiger partial charge on any atom is -0.393 e. The van der Waals surface area contributed by atoms with Crippen molar-refractivity contribution in [2.45, 2.75) is 143 Å². The molecular formula is C30H52O4. The number of fused-ring (bicyclic) bond motifs is 5. The van der Waals surface area contributed by atoms with E-state index in [2.05, 4.69) is 41.5 Å². The minimum absolute atomic E-state index is 0.0630. The molecule has 34 heavy (non-hydrogen) atoms. The van der Waals surface area contributed by atoms with Crippen molar-refractivity contribution in [2.24, 2.45) is 45.3 Å². The first-order valence-electron chi connectivity index (χ1n) is 14.3. The normalized spacial score (nSPS) is 57.1. The lowest BCUT2D eigenvalue weighted by Crippen LogP contribution is -2.66. The van der Waals surface area contributed by atoms with E-state index in [1.807, 2.05) is 13.8 Å². The molecule has 1 aliphatic heterocycles. The Balaban J connectivity index is 1.48. The molecule has 1 saturated heterocycles. The van der Waals surface area contributed by atoms with Gasteiger partial charge in [-0.1, -0.05) is 34.6 Å². The van der Waals surface area contributed by atoms with Gasteiger partial charge < -0.3 is 20.1 Å². The smallest absolute Gasteiger partial charge is 0.0865 e. The summed E-state index contributed by atoms with van der Waals surface area (Å²) in [5, 5.41) is 33.4. The summed E-state index contributed by atoms with van der Waals surface area (Å²) in [4.78, 5) is 0. The Hall–Kier alpha value is -0.160. The Morgan fingerprint density at radius 3 is 2.03 bits per heavy atom. The van der Waals surface area contributed by atoms with Crippen LogP contribution in [0.5, 0.6) is 0 Å².